The van der Waals surface area contributed by atoms with Crippen LogP contribution >= 0.6 is 0 Å². The van der Waals surface area contributed by atoms with Gasteiger partial charge < -0.3 is 19.2 Å². The number of carbonyl (C=O) groups is 3. The van der Waals surface area contributed by atoms with Gasteiger partial charge in [0.05, 0.1) is 11.8 Å². The van der Waals surface area contributed by atoms with Crippen molar-refractivity contribution in [3.05, 3.63) is 53.5 Å². The second-order valence-electron chi connectivity index (χ2n) is 5.84. The van der Waals surface area contributed by atoms with E-state index in [2.05, 4.69) is 5.32 Å². The summed E-state index contributed by atoms with van der Waals surface area (Å²) >= 11 is 0. The lowest BCUT2D eigenvalue weighted by Crippen LogP contribution is -2.23. The molecule has 3 rings (SSSR count). The Morgan fingerprint density at radius 1 is 1.28 bits per heavy atom. The number of aryl methyl sites for hydroxylation is 1. The lowest BCUT2D eigenvalue weighted by atomic mass is 10.1. The molecule has 0 saturated carbocycles. The molecule has 7 nitrogen and oxygen atoms in total. The Morgan fingerprint density at radius 3 is 2.72 bits per heavy atom. The fourth-order valence-electron chi connectivity index (χ4n) is 2.49. The highest BCUT2D eigenvalue weighted by Gasteiger charge is 2.35. The van der Waals surface area contributed by atoms with Gasteiger partial charge in [0, 0.05) is 12.1 Å². The molecule has 0 unspecified atom stereocenters. The molecule has 7 heteroatoms. The number of esters is 2. The average molecular weight is 343 g/mol. The summed E-state index contributed by atoms with van der Waals surface area (Å²) in [5.74, 6) is -1.45. The highest BCUT2D eigenvalue weighted by Crippen LogP contribution is 2.22. The van der Waals surface area contributed by atoms with Crippen molar-refractivity contribution >= 4 is 23.5 Å². The Labute approximate surface area is 143 Å². The first-order chi connectivity index (χ1) is 11.9. The molecule has 1 fully saturated rings. The van der Waals surface area contributed by atoms with Gasteiger partial charge in [-0.3, -0.25) is 4.79 Å². The van der Waals surface area contributed by atoms with Gasteiger partial charge in [-0.25, -0.2) is 9.59 Å². The summed E-state index contributed by atoms with van der Waals surface area (Å²) in [6.07, 6.45) is 0.562. The normalized spacial score (nSPS) is 19.4. The molecule has 0 bridgehead atoms. The lowest BCUT2D eigenvalue weighted by molar-refractivity contribution is -0.147. The third-order valence-electron chi connectivity index (χ3n) is 3.84. The molecule has 2 atom stereocenters. The molecule has 1 saturated heterocycles. The Kier molecular flexibility index (Phi) is 4.56. The van der Waals surface area contributed by atoms with E-state index in [1.807, 2.05) is 0 Å². The van der Waals surface area contributed by atoms with Crippen LogP contribution in [0.4, 0.5) is 5.69 Å². The van der Waals surface area contributed by atoms with Crippen LogP contribution in [0.25, 0.3) is 0 Å². The van der Waals surface area contributed by atoms with Crippen molar-refractivity contribution in [1.29, 1.82) is 0 Å². The summed E-state index contributed by atoms with van der Waals surface area (Å²) in [5, 5.41) is 2.69. The number of cyclic esters (lactones) is 1. The number of nitrogens with one attached hydrogen (secondary N) is 1. The number of ether oxygens (including phenoxy) is 2. The first-order valence-corrected chi connectivity index (χ1v) is 7.81. The standard InChI is InChI=1S/C18H17NO6/c1-10-5-6-12(17(21)25-15-8-11(2)24-18(15)22)9-13(10)19-16(20)14-4-3-7-23-14/h3-7,9,11,15H,8H2,1-2H3,(H,19,20)/t11-,15-/m0/s1. The Bertz CT molecular complexity index is 811. The minimum absolute atomic E-state index is 0.162. The summed E-state index contributed by atoms with van der Waals surface area (Å²) in [6.45, 7) is 3.53. The Balaban J connectivity index is 1.73. The number of carbonyl (C=O) groups excluding carboxylic acids is 3. The summed E-state index contributed by atoms with van der Waals surface area (Å²) in [4.78, 5) is 35.9. The molecule has 1 N–H and O–H groups in total. The van der Waals surface area contributed by atoms with Crippen molar-refractivity contribution in [2.24, 2.45) is 0 Å². The number of amides is 1. The molecule has 2 heterocycles. The van der Waals surface area contributed by atoms with E-state index in [4.69, 9.17) is 13.9 Å². The van der Waals surface area contributed by atoms with Crippen molar-refractivity contribution in [2.75, 3.05) is 5.32 Å². The number of furan rings is 1. The fraction of sp³-hybridized carbons (Fsp3) is 0.278. The molecular weight excluding hydrogens is 326 g/mol. The second-order valence-corrected chi connectivity index (χ2v) is 5.84. The van der Waals surface area contributed by atoms with Crippen molar-refractivity contribution in [3.8, 4) is 0 Å². The van der Waals surface area contributed by atoms with Gasteiger partial charge in [0.2, 0.25) is 6.10 Å². The SMILES string of the molecule is Cc1ccc(C(=O)O[C@H]2C[C@H](C)OC2=O)cc1NC(=O)c1ccco1. The summed E-state index contributed by atoms with van der Waals surface area (Å²) in [6, 6.07) is 7.91. The van der Waals surface area contributed by atoms with Gasteiger partial charge in [0.15, 0.2) is 5.76 Å². The zero-order chi connectivity index (χ0) is 18.0. The first-order valence-electron chi connectivity index (χ1n) is 7.81. The van der Waals surface area contributed by atoms with Crippen LogP contribution in [0.3, 0.4) is 0 Å². The zero-order valence-corrected chi connectivity index (χ0v) is 13.8. The maximum atomic E-state index is 12.3. The second kappa shape index (κ2) is 6.80. The summed E-state index contributed by atoms with van der Waals surface area (Å²) in [7, 11) is 0. The minimum Gasteiger partial charge on any atom is -0.460 e. The van der Waals surface area contributed by atoms with E-state index >= 15 is 0 Å². The van der Waals surface area contributed by atoms with Crippen LogP contribution in [-0.4, -0.2) is 30.1 Å². The molecule has 2 aromatic rings. The van der Waals surface area contributed by atoms with Crippen LogP contribution in [-0.2, 0) is 14.3 Å². The molecule has 1 amide bonds. The lowest BCUT2D eigenvalue weighted by Gasteiger charge is -2.11. The van der Waals surface area contributed by atoms with Crippen LogP contribution in [0.2, 0.25) is 0 Å². The van der Waals surface area contributed by atoms with E-state index in [9.17, 15) is 14.4 Å². The quantitative estimate of drug-likeness (QED) is 0.858. The third-order valence-corrected chi connectivity index (χ3v) is 3.84. The van der Waals surface area contributed by atoms with Gasteiger partial charge in [-0.2, -0.15) is 0 Å². The molecular formula is C18H17NO6. The minimum atomic E-state index is -0.898. The van der Waals surface area contributed by atoms with Crippen LogP contribution in [0.5, 0.6) is 0 Å². The molecule has 1 aliphatic rings. The van der Waals surface area contributed by atoms with Gasteiger partial charge in [0.1, 0.15) is 6.10 Å². The molecule has 1 aromatic carbocycles. The van der Waals surface area contributed by atoms with Gasteiger partial charge in [-0.15, -0.1) is 0 Å². The van der Waals surface area contributed by atoms with Crippen molar-refractivity contribution in [1.82, 2.24) is 0 Å². The van der Waals surface area contributed by atoms with E-state index in [0.29, 0.717) is 12.1 Å². The summed E-state index contributed by atoms with van der Waals surface area (Å²) < 4.78 is 15.2. The number of hydrogen-bond acceptors (Lipinski definition) is 6. The molecule has 1 aromatic heterocycles. The van der Waals surface area contributed by atoms with Gasteiger partial charge >= 0.3 is 11.9 Å². The van der Waals surface area contributed by atoms with E-state index in [1.54, 1.807) is 32.0 Å². The zero-order valence-electron chi connectivity index (χ0n) is 13.8. The van der Waals surface area contributed by atoms with Gasteiger partial charge in [-0.1, -0.05) is 6.07 Å². The van der Waals surface area contributed by atoms with Gasteiger partial charge in [-0.05, 0) is 43.7 Å². The third kappa shape index (κ3) is 3.71. The van der Waals surface area contributed by atoms with Crippen molar-refractivity contribution in [2.45, 2.75) is 32.5 Å². The predicted molar refractivity (Wildman–Crippen MR) is 87.2 cm³/mol. The average Bonchev–Trinajstić information content (AvgIpc) is 3.20. The van der Waals surface area contributed by atoms with E-state index in [-0.39, 0.29) is 17.4 Å². The largest absolute Gasteiger partial charge is 0.460 e. The predicted octanol–water partition coefficient (Wildman–Crippen LogP) is 2.70. The van der Waals surface area contributed by atoms with Crippen LogP contribution in [0.15, 0.2) is 41.0 Å². The fourth-order valence-corrected chi connectivity index (χ4v) is 2.49. The molecule has 0 radical (unpaired) electrons. The number of benzene rings is 1. The Morgan fingerprint density at radius 2 is 2.08 bits per heavy atom. The monoisotopic (exact) mass is 343 g/mol. The number of hydrogen-bond donors (Lipinski definition) is 1. The van der Waals surface area contributed by atoms with Crippen LogP contribution in [0.1, 0.15) is 39.8 Å². The van der Waals surface area contributed by atoms with Crippen LogP contribution < -0.4 is 5.32 Å². The van der Waals surface area contributed by atoms with Crippen LogP contribution in [0, 0.1) is 6.92 Å². The molecule has 0 spiro atoms. The molecule has 130 valence electrons. The van der Waals surface area contributed by atoms with Gasteiger partial charge in [0.25, 0.3) is 5.91 Å². The van der Waals surface area contributed by atoms with E-state index in [1.165, 1.54) is 18.4 Å². The number of rotatable bonds is 4. The molecule has 0 aliphatic carbocycles. The molecule has 25 heavy (non-hydrogen) atoms. The maximum absolute atomic E-state index is 12.3. The van der Waals surface area contributed by atoms with E-state index < -0.39 is 23.9 Å². The van der Waals surface area contributed by atoms with E-state index in [0.717, 1.165) is 5.56 Å². The highest BCUT2D eigenvalue weighted by molar-refractivity contribution is 6.03. The smallest absolute Gasteiger partial charge is 0.347 e. The summed E-state index contributed by atoms with van der Waals surface area (Å²) in [5.41, 5.74) is 1.45. The number of anilines is 1. The maximum Gasteiger partial charge on any atom is 0.347 e. The Hall–Kier alpha value is -3.09. The topological polar surface area (TPSA) is 94.8 Å². The van der Waals surface area contributed by atoms with Crippen molar-refractivity contribution in [3.63, 3.8) is 0 Å². The molecule has 1 aliphatic heterocycles. The van der Waals surface area contributed by atoms with Crippen molar-refractivity contribution < 1.29 is 28.3 Å². The first kappa shape index (κ1) is 16.8. The highest BCUT2D eigenvalue weighted by atomic mass is 16.6.